The maximum atomic E-state index is 5.23. The number of nitrogens with zero attached hydrogens (tertiary/aromatic N) is 1. The highest BCUT2D eigenvalue weighted by Crippen LogP contribution is 2.52. The van der Waals surface area contributed by atoms with Crippen molar-refractivity contribution in [3.63, 3.8) is 0 Å². The number of fused-ring (bicyclic) bond motifs is 3. The van der Waals surface area contributed by atoms with E-state index in [4.69, 9.17) is 4.99 Å². The van der Waals surface area contributed by atoms with E-state index in [0.29, 0.717) is 5.92 Å². The third-order valence-electron chi connectivity index (χ3n) is 5.68. The lowest BCUT2D eigenvalue weighted by molar-refractivity contribution is 0.453. The molecule has 1 aliphatic heterocycles. The van der Waals surface area contributed by atoms with Crippen LogP contribution in [-0.4, -0.2) is 11.8 Å². The van der Waals surface area contributed by atoms with Crippen LogP contribution in [0.4, 0.5) is 0 Å². The van der Waals surface area contributed by atoms with Crippen molar-refractivity contribution in [3.8, 4) is 0 Å². The van der Waals surface area contributed by atoms with Crippen LogP contribution in [0.25, 0.3) is 0 Å². The molecular weight excluding hydrogens is 316 g/mol. The van der Waals surface area contributed by atoms with Crippen molar-refractivity contribution < 1.29 is 0 Å². The first-order valence-corrected chi connectivity index (χ1v) is 9.35. The minimum absolute atomic E-state index is 0.305. The lowest BCUT2D eigenvalue weighted by Gasteiger charge is -2.47. The summed E-state index contributed by atoms with van der Waals surface area (Å²) < 4.78 is 0. The topological polar surface area (TPSA) is 24.4 Å². The Balaban J connectivity index is 1.85. The predicted molar refractivity (Wildman–Crippen MR) is 110 cm³/mol. The predicted octanol–water partition coefficient (Wildman–Crippen LogP) is 5.40. The summed E-state index contributed by atoms with van der Waals surface area (Å²) in [6.07, 6.45) is 13.0. The zero-order chi connectivity index (χ0) is 18.3. The summed E-state index contributed by atoms with van der Waals surface area (Å²) in [5.41, 5.74) is 8.49. The monoisotopic (exact) mass is 342 g/mol. The van der Waals surface area contributed by atoms with Gasteiger partial charge in [0.15, 0.2) is 0 Å². The largest absolute Gasteiger partial charge is 0.359 e. The normalized spacial score (nSPS) is 29.0. The molecule has 0 saturated carbocycles. The van der Waals surface area contributed by atoms with Crippen molar-refractivity contribution in [1.29, 1.82) is 0 Å². The van der Waals surface area contributed by atoms with Gasteiger partial charge in [-0.15, -0.1) is 0 Å². The van der Waals surface area contributed by atoms with Gasteiger partial charge in [-0.05, 0) is 44.4 Å². The molecule has 3 aliphatic rings. The van der Waals surface area contributed by atoms with E-state index < -0.39 is 0 Å². The average molecular weight is 342 g/mol. The minimum Gasteiger partial charge on any atom is -0.359 e. The summed E-state index contributed by atoms with van der Waals surface area (Å²) in [6.45, 7) is 10.6. The first-order valence-electron chi connectivity index (χ1n) is 9.35. The third-order valence-corrected chi connectivity index (χ3v) is 5.68. The molecule has 132 valence electrons. The van der Waals surface area contributed by atoms with Crippen LogP contribution in [0.5, 0.6) is 0 Å². The molecule has 2 unspecified atom stereocenters. The highest BCUT2D eigenvalue weighted by Gasteiger charge is 2.47. The van der Waals surface area contributed by atoms with Crippen LogP contribution < -0.4 is 5.32 Å². The number of dihydropyridines is 1. The SMILES string of the molecule is C=C1C=CC2=C(CC3C=C(C)CC2(N=Cc2ccc(C)cc2)/C3=C/C)N1. The fourth-order valence-corrected chi connectivity index (χ4v) is 4.56. The second-order valence-corrected chi connectivity index (χ2v) is 7.65. The van der Waals surface area contributed by atoms with Gasteiger partial charge in [-0.2, -0.15) is 0 Å². The molecule has 2 aliphatic carbocycles. The van der Waals surface area contributed by atoms with E-state index in [1.807, 2.05) is 6.21 Å². The summed E-state index contributed by atoms with van der Waals surface area (Å²) in [5.74, 6) is 0.412. The Morgan fingerprint density at radius 3 is 2.69 bits per heavy atom. The minimum atomic E-state index is -0.305. The maximum Gasteiger partial charge on any atom is 0.113 e. The first-order chi connectivity index (χ1) is 12.5. The highest BCUT2D eigenvalue weighted by atomic mass is 15.0. The van der Waals surface area contributed by atoms with Gasteiger partial charge in [-0.3, -0.25) is 4.99 Å². The maximum absolute atomic E-state index is 5.23. The van der Waals surface area contributed by atoms with E-state index >= 15 is 0 Å². The summed E-state index contributed by atoms with van der Waals surface area (Å²) in [6, 6.07) is 8.57. The Hall–Kier alpha value is -2.61. The van der Waals surface area contributed by atoms with E-state index in [2.05, 4.69) is 81.2 Å². The van der Waals surface area contributed by atoms with Crippen LogP contribution >= 0.6 is 0 Å². The van der Waals surface area contributed by atoms with Crippen LogP contribution in [0.15, 0.2) is 88.3 Å². The summed E-state index contributed by atoms with van der Waals surface area (Å²) >= 11 is 0. The van der Waals surface area contributed by atoms with E-state index in [9.17, 15) is 0 Å². The van der Waals surface area contributed by atoms with E-state index in [0.717, 1.165) is 24.1 Å². The van der Waals surface area contributed by atoms with Crippen LogP contribution in [0, 0.1) is 12.8 Å². The number of benzene rings is 1. The van der Waals surface area contributed by atoms with Crippen LogP contribution in [0.2, 0.25) is 0 Å². The molecule has 1 N–H and O–H groups in total. The van der Waals surface area contributed by atoms with Gasteiger partial charge < -0.3 is 5.32 Å². The number of nitrogens with one attached hydrogen (secondary N) is 1. The van der Waals surface area contributed by atoms with Gasteiger partial charge in [0.05, 0.1) is 0 Å². The highest BCUT2D eigenvalue weighted by molar-refractivity contribution is 5.81. The molecule has 0 saturated heterocycles. The Labute approximate surface area is 156 Å². The molecule has 2 nitrogen and oxygen atoms in total. The number of aryl methyl sites for hydroxylation is 1. The molecule has 1 aromatic carbocycles. The number of allylic oxidation sites excluding steroid dienone is 4. The molecule has 2 atom stereocenters. The van der Waals surface area contributed by atoms with Crippen molar-refractivity contribution in [2.24, 2.45) is 10.9 Å². The second kappa shape index (κ2) is 6.28. The zero-order valence-electron chi connectivity index (χ0n) is 15.8. The third kappa shape index (κ3) is 2.70. The molecule has 2 heteroatoms. The Morgan fingerprint density at radius 2 is 1.96 bits per heavy atom. The summed E-state index contributed by atoms with van der Waals surface area (Å²) in [5, 5.41) is 3.50. The molecule has 0 fully saturated rings. The van der Waals surface area contributed by atoms with Crippen LogP contribution in [-0.2, 0) is 0 Å². The van der Waals surface area contributed by atoms with E-state index in [-0.39, 0.29) is 5.54 Å². The molecule has 26 heavy (non-hydrogen) atoms. The molecule has 0 aromatic heterocycles. The van der Waals surface area contributed by atoms with E-state index in [1.54, 1.807) is 0 Å². The Morgan fingerprint density at radius 1 is 1.19 bits per heavy atom. The molecule has 1 aromatic rings. The molecule has 0 radical (unpaired) electrons. The number of aliphatic imine (C=N–C) groups is 1. The van der Waals surface area contributed by atoms with Crippen LogP contribution in [0.1, 0.15) is 37.8 Å². The number of hydrogen-bond donors (Lipinski definition) is 1. The van der Waals surface area contributed by atoms with Gasteiger partial charge in [0.1, 0.15) is 5.54 Å². The first kappa shape index (κ1) is 16.8. The smallest absolute Gasteiger partial charge is 0.113 e. The van der Waals surface area contributed by atoms with Crippen molar-refractivity contribution in [2.45, 2.75) is 39.2 Å². The van der Waals surface area contributed by atoms with E-state index in [1.165, 1.54) is 28.0 Å². The molecule has 2 bridgehead atoms. The van der Waals surface area contributed by atoms with Crippen molar-refractivity contribution in [1.82, 2.24) is 5.32 Å². The standard InChI is InChI=1S/C24H26N2/c1-5-21-20-12-17(3)14-24(21,22-11-8-18(4)26-23(22)13-20)25-15-19-9-6-16(2)7-10-19/h5-12,15,20,26H,4,13-14H2,1-3H3/b21-5+,25-15?. The van der Waals surface area contributed by atoms with Gasteiger partial charge in [0, 0.05) is 35.5 Å². The lowest BCUT2D eigenvalue weighted by Crippen LogP contribution is -2.44. The van der Waals surface area contributed by atoms with Gasteiger partial charge >= 0.3 is 0 Å². The molecule has 0 spiro atoms. The number of hydrogen-bond acceptors (Lipinski definition) is 2. The van der Waals surface area contributed by atoms with Gasteiger partial charge in [-0.1, -0.05) is 60.2 Å². The zero-order valence-corrected chi connectivity index (χ0v) is 15.8. The Kier molecular flexibility index (Phi) is 4.07. The molecular formula is C24H26N2. The van der Waals surface area contributed by atoms with Crippen LogP contribution in [0.3, 0.4) is 0 Å². The average Bonchev–Trinajstić information content (AvgIpc) is 2.60. The lowest BCUT2D eigenvalue weighted by atomic mass is 9.62. The summed E-state index contributed by atoms with van der Waals surface area (Å²) in [7, 11) is 0. The quantitative estimate of drug-likeness (QED) is 0.565. The van der Waals surface area contributed by atoms with Gasteiger partial charge in [-0.25, -0.2) is 0 Å². The van der Waals surface area contributed by atoms with Crippen molar-refractivity contribution >= 4 is 6.21 Å². The van der Waals surface area contributed by atoms with Crippen molar-refractivity contribution in [2.75, 3.05) is 0 Å². The molecule has 0 amide bonds. The Bertz CT molecular complexity index is 906. The summed E-state index contributed by atoms with van der Waals surface area (Å²) in [4.78, 5) is 5.23. The fraction of sp³-hybridized carbons (Fsp3) is 0.292. The fourth-order valence-electron chi connectivity index (χ4n) is 4.56. The van der Waals surface area contributed by atoms with Crippen molar-refractivity contribution in [3.05, 3.63) is 94.4 Å². The number of rotatable bonds is 2. The van der Waals surface area contributed by atoms with Gasteiger partial charge in [0.25, 0.3) is 0 Å². The molecule has 4 rings (SSSR count). The van der Waals surface area contributed by atoms with Gasteiger partial charge in [0.2, 0.25) is 0 Å². The molecule has 1 heterocycles. The second-order valence-electron chi connectivity index (χ2n) is 7.65.